The van der Waals surface area contributed by atoms with E-state index < -0.39 is 11.9 Å². The average molecular weight is 347 g/mol. The third-order valence-corrected chi connectivity index (χ3v) is 3.48. The van der Waals surface area contributed by atoms with E-state index in [4.69, 9.17) is 19.0 Å². The summed E-state index contributed by atoms with van der Waals surface area (Å²) in [6.45, 7) is 2.73. The summed E-state index contributed by atoms with van der Waals surface area (Å²) >= 11 is 0. The molecular weight excluding hydrogens is 326 g/mol. The van der Waals surface area contributed by atoms with Gasteiger partial charge in [0.05, 0.1) is 24.1 Å². The molecule has 2 N–H and O–H groups in total. The zero-order valence-corrected chi connectivity index (χ0v) is 14.2. The van der Waals surface area contributed by atoms with Crippen LogP contribution in [0.5, 0.6) is 5.75 Å². The number of para-hydroxylation sites is 2. The first-order valence-electron chi connectivity index (χ1n) is 7.83. The molecular formula is C18H21NO6. The van der Waals surface area contributed by atoms with Gasteiger partial charge in [-0.25, -0.2) is 0 Å². The van der Waals surface area contributed by atoms with Crippen LogP contribution < -0.4 is 10.1 Å². The number of anilines is 1. The largest absolute Gasteiger partial charge is 0.491 e. The molecule has 0 aliphatic rings. The van der Waals surface area contributed by atoms with Crippen molar-refractivity contribution < 1.29 is 28.6 Å². The fourth-order valence-corrected chi connectivity index (χ4v) is 2.34. The van der Waals surface area contributed by atoms with Crippen LogP contribution >= 0.6 is 0 Å². The van der Waals surface area contributed by atoms with Gasteiger partial charge in [-0.1, -0.05) is 12.1 Å². The van der Waals surface area contributed by atoms with Gasteiger partial charge < -0.3 is 24.3 Å². The summed E-state index contributed by atoms with van der Waals surface area (Å²) < 4.78 is 15.8. The van der Waals surface area contributed by atoms with E-state index >= 15 is 0 Å². The number of aliphatic carboxylic acids is 1. The Morgan fingerprint density at radius 2 is 2.00 bits per heavy atom. The minimum Gasteiger partial charge on any atom is -0.491 e. The van der Waals surface area contributed by atoms with Gasteiger partial charge in [0.1, 0.15) is 17.9 Å². The molecule has 1 aromatic carbocycles. The highest BCUT2D eigenvalue weighted by atomic mass is 16.5. The number of benzene rings is 1. The molecule has 7 heteroatoms. The Bertz CT molecular complexity index is 737. The van der Waals surface area contributed by atoms with Crippen molar-refractivity contribution in [3.05, 3.63) is 47.4 Å². The second-order valence-electron chi connectivity index (χ2n) is 5.43. The Labute approximate surface area is 145 Å². The highest BCUT2D eigenvalue weighted by molar-refractivity contribution is 6.07. The molecule has 1 amide bonds. The van der Waals surface area contributed by atoms with Crippen LogP contribution in [-0.2, 0) is 16.0 Å². The SMILES string of the molecule is COCCCOc1ccccc1NC(=O)c1c(C)coc1CC(=O)O. The zero-order chi connectivity index (χ0) is 18.2. The van der Waals surface area contributed by atoms with Crippen molar-refractivity contribution in [1.82, 2.24) is 0 Å². The topological polar surface area (TPSA) is 98.0 Å². The quantitative estimate of drug-likeness (QED) is 0.677. The van der Waals surface area contributed by atoms with E-state index in [1.165, 1.54) is 6.26 Å². The Morgan fingerprint density at radius 3 is 2.72 bits per heavy atom. The van der Waals surface area contributed by atoms with Crippen molar-refractivity contribution in [2.75, 3.05) is 25.6 Å². The van der Waals surface area contributed by atoms with E-state index in [0.29, 0.717) is 30.2 Å². The lowest BCUT2D eigenvalue weighted by atomic mass is 10.1. The van der Waals surface area contributed by atoms with Gasteiger partial charge in [-0.3, -0.25) is 9.59 Å². The molecule has 0 spiro atoms. The van der Waals surface area contributed by atoms with Crippen molar-refractivity contribution >= 4 is 17.6 Å². The second kappa shape index (κ2) is 8.89. The van der Waals surface area contributed by atoms with Crippen molar-refractivity contribution in [2.45, 2.75) is 19.8 Å². The van der Waals surface area contributed by atoms with Crippen LogP contribution in [0.1, 0.15) is 28.1 Å². The molecule has 0 radical (unpaired) electrons. The smallest absolute Gasteiger partial charge is 0.311 e. The number of nitrogens with one attached hydrogen (secondary N) is 1. The normalized spacial score (nSPS) is 10.5. The molecule has 1 aromatic heterocycles. The molecule has 1 heterocycles. The molecule has 0 fully saturated rings. The van der Waals surface area contributed by atoms with Crippen LogP contribution in [0.25, 0.3) is 0 Å². The fraction of sp³-hybridized carbons (Fsp3) is 0.333. The number of ether oxygens (including phenoxy) is 2. The number of carboxylic acid groups (broad SMARTS) is 1. The first kappa shape index (κ1) is 18.5. The van der Waals surface area contributed by atoms with Gasteiger partial charge in [0, 0.05) is 25.7 Å². The van der Waals surface area contributed by atoms with Gasteiger partial charge in [-0.2, -0.15) is 0 Å². The summed E-state index contributed by atoms with van der Waals surface area (Å²) in [6.07, 6.45) is 1.74. The number of amides is 1. The average Bonchev–Trinajstić information content (AvgIpc) is 2.92. The molecule has 25 heavy (non-hydrogen) atoms. The molecule has 2 rings (SSSR count). The number of carboxylic acids is 1. The van der Waals surface area contributed by atoms with Crippen molar-refractivity contribution in [3.63, 3.8) is 0 Å². The Morgan fingerprint density at radius 1 is 1.24 bits per heavy atom. The van der Waals surface area contributed by atoms with Crippen LogP contribution in [0, 0.1) is 6.92 Å². The van der Waals surface area contributed by atoms with E-state index in [1.807, 2.05) is 0 Å². The monoisotopic (exact) mass is 347 g/mol. The summed E-state index contributed by atoms with van der Waals surface area (Å²) in [6, 6.07) is 7.05. The fourth-order valence-electron chi connectivity index (χ4n) is 2.34. The number of carbonyl (C=O) groups excluding carboxylic acids is 1. The van der Waals surface area contributed by atoms with E-state index in [9.17, 15) is 9.59 Å². The lowest BCUT2D eigenvalue weighted by Crippen LogP contribution is -2.16. The van der Waals surface area contributed by atoms with Gasteiger partial charge in [-0.15, -0.1) is 0 Å². The molecule has 0 atom stereocenters. The summed E-state index contributed by atoms with van der Waals surface area (Å²) in [5, 5.41) is 11.7. The predicted molar refractivity (Wildman–Crippen MR) is 91.2 cm³/mol. The molecule has 0 bridgehead atoms. The number of hydrogen-bond donors (Lipinski definition) is 2. The highest BCUT2D eigenvalue weighted by Crippen LogP contribution is 2.26. The van der Waals surface area contributed by atoms with E-state index in [-0.39, 0.29) is 17.7 Å². The lowest BCUT2D eigenvalue weighted by Gasteiger charge is -2.12. The number of methoxy groups -OCH3 is 1. The van der Waals surface area contributed by atoms with Crippen LogP contribution in [0.3, 0.4) is 0 Å². The Hall–Kier alpha value is -2.80. The first-order chi connectivity index (χ1) is 12.0. The minimum atomic E-state index is -1.06. The van der Waals surface area contributed by atoms with E-state index in [2.05, 4.69) is 5.32 Å². The Balaban J connectivity index is 2.13. The number of carbonyl (C=O) groups is 2. The second-order valence-corrected chi connectivity index (χ2v) is 5.43. The zero-order valence-electron chi connectivity index (χ0n) is 14.2. The van der Waals surface area contributed by atoms with Crippen molar-refractivity contribution in [1.29, 1.82) is 0 Å². The third kappa shape index (κ3) is 5.09. The van der Waals surface area contributed by atoms with Gasteiger partial charge in [-0.05, 0) is 19.1 Å². The van der Waals surface area contributed by atoms with Crippen molar-refractivity contribution in [2.24, 2.45) is 0 Å². The molecule has 0 saturated carbocycles. The van der Waals surface area contributed by atoms with Crippen LogP contribution in [0.2, 0.25) is 0 Å². The maximum atomic E-state index is 12.6. The molecule has 0 aliphatic heterocycles. The molecule has 0 saturated heterocycles. The third-order valence-electron chi connectivity index (χ3n) is 3.48. The summed E-state index contributed by atoms with van der Waals surface area (Å²) in [4.78, 5) is 23.5. The maximum Gasteiger partial charge on any atom is 0.311 e. The molecule has 2 aromatic rings. The molecule has 0 aliphatic carbocycles. The standard InChI is InChI=1S/C18H21NO6/c1-12-11-25-15(10-16(20)21)17(12)18(22)19-13-6-3-4-7-14(13)24-9-5-8-23-2/h3-4,6-7,11H,5,8-10H2,1-2H3,(H,19,22)(H,20,21). The number of furan rings is 1. The van der Waals surface area contributed by atoms with Gasteiger partial charge in [0.2, 0.25) is 0 Å². The number of aryl methyl sites for hydroxylation is 1. The van der Waals surface area contributed by atoms with Crippen LogP contribution in [-0.4, -0.2) is 37.3 Å². The first-order valence-corrected chi connectivity index (χ1v) is 7.83. The van der Waals surface area contributed by atoms with Crippen LogP contribution in [0.4, 0.5) is 5.69 Å². The lowest BCUT2D eigenvalue weighted by molar-refractivity contribution is -0.136. The summed E-state index contributed by atoms with van der Waals surface area (Å²) in [5.41, 5.74) is 1.32. The van der Waals surface area contributed by atoms with E-state index in [0.717, 1.165) is 6.42 Å². The molecule has 7 nitrogen and oxygen atoms in total. The van der Waals surface area contributed by atoms with Crippen molar-refractivity contribution in [3.8, 4) is 5.75 Å². The maximum absolute atomic E-state index is 12.6. The number of rotatable bonds is 9. The molecule has 0 unspecified atom stereocenters. The van der Waals surface area contributed by atoms with E-state index in [1.54, 1.807) is 38.3 Å². The number of hydrogen-bond acceptors (Lipinski definition) is 5. The summed E-state index contributed by atoms with van der Waals surface area (Å²) in [7, 11) is 1.62. The molecule has 134 valence electrons. The van der Waals surface area contributed by atoms with Gasteiger partial charge in [0.15, 0.2) is 0 Å². The highest BCUT2D eigenvalue weighted by Gasteiger charge is 2.21. The predicted octanol–water partition coefficient (Wildman–Crippen LogP) is 2.88. The van der Waals surface area contributed by atoms with Gasteiger partial charge in [0.25, 0.3) is 5.91 Å². The van der Waals surface area contributed by atoms with Crippen LogP contribution in [0.15, 0.2) is 34.9 Å². The summed E-state index contributed by atoms with van der Waals surface area (Å²) in [5.74, 6) is -0.838. The minimum absolute atomic E-state index is 0.126. The Kier molecular flexibility index (Phi) is 6.59. The van der Waals surface area contributed by atoms with Gasteiger partial charge >= 0.3 is 5.97 Å².